The fourth-order valence-corrected chi connectivity index (χ4v) is 2.39. The molecule has 0 saturated carbocycles. The Hall–Kier alpha value is -1.88. The van der Waals surface area contributed by atoms with Gasteiger partial charge in [0.15, 0.2) is 6.10 Å². The molecule has 0 spiro atoms. The van der Waals surface area contributed by atoms with Gasteiger partial charge in [0.25, 0.3) is 12.9 Å². The van der Waals surface area contributed by atoms with Gasteiger partial charge in [-0.25, -0.2) is 22.6 Å². The second kappa shape index (κ2) is 7.78. The normalized spacial score (nSPS) is 22.3. The van der Waals surface area contributed by atoms with Crippen molar-refractivity contribution in [2.75, 3.05) is 0 Å². The van der Waals surface area contributed by atoms with Gasteiger partial charge in [0, 0.05) is 29.5 Å². The topological polar surface area (TPSA) is 62.0 Å². The molecule has 1 heterocycles. The summed E-state index contributed by atoms with van der Waals surface area (Å²) in [5, 5.41) is 18.7. The van der Waals surface area contributed by atoms with E-state index in [2.05, 4.69) is 4.99 Å². The molecule has 1 aromatic rings. The van der Waals surface area contributed by atoms with E-state index < -0.39 is 60.9 Å². The standard InChI is InChI=1S/C15H14F7NO3/c16-12(17)6-1-7(13(18)19)3-8(2-6)14-23-9(5-11(25)26-14)4-10(24)15(20,21)22/h1-3,9-13,24-25H,4-5H2. The zero-order chi connectivity index (χ0) is 19.6. The van der Waals surface area contributed by atoms with Crippen molar-refractivity contribution in [3.05, 3.63) is 34.9 Å². The van der Waals surface area contributed by atoms with Gasteiger partial charge < -0.3 is 14.9 Å². The Bertz CT molecular complexity index is 637. The Balaban J connectivity index is 2.36. The highest BCUT2D eigenvalue weighted by atomic mass is 19.4. The summed E-state index contributed by atoms with van der Waals surface area (Å²) >= 11 is 0. The van der Waals surface area contributed by atoms with Crippen LogP contribution >= 0.6 is 0 Å². The average Bonchev–Trinajstić information content (AvgIpc) is 2.52. The monoisotopic (exact) mass is 389 g/mol. The fraction of sp³-hybridized carbons (Fsp3) is 0.533. The lowest BCUT2D eigenvalue weighted by atomic mass is 10.0. The van der Waals surface area contributed by atoms with Crippen LogP contribution in [0.25, 0.3) is 0 Å². The van der Waals surface area contributed by atoms with Crippen molar-refractivity contribution in [2.45, 2.75) is 50.3 Å². The first-order valence-electron chi connectivity index (χ1n) is 7.36. The number of benzene rings is 1. The summed E-state index contributed by atoms with van der Waals surface area (Å²) in [7, 11) is 0. The van der Waals surface area contributed by atoms with Crippen molar-refractivity contribution in [3.8, 4) is 0 Å². The van der Waals surface area contributed by atoms with Gasteiger partial charge in [-0.1, -0.05) is 0 Å². The quantitative estimate of drug-likeness (QED) is 0.755. The van der Waals surface area contributed by atoms with Gasteiger partial charge in [-0.15, -0.1) is 0 Å². The highest BCUT2D eigenvalue weighted by molar-refractivity contribution is 5.95. The van der Waals surface area contributed by atoms with Crippen LogP contribution in [-0.2, 0) is 4.74 Å². The molecule has 1 aromatic carbocycles. The number of aliphatic imine (C=N–C) groups is 1. The molecule has 0 saturated heterocycles. The Labute approximate surface area is 142 Å². The molecule has 2 rings (SSSR count). The minimum absolute atomic E-state index is 0.330. The molecule has 26 heavy (non-hydrogen) atoms. The molecule has 11 heteroatoms. The fourth-order valence-electron chi connectivity index (χ4n) is 2.39. The maximum absolute atomic E-state index is 12.9. The van der Waals surface area contributed by atoms with Crippen LogP contribution in [0.3, 0.4) is 0 Å². The molecule has 0 radical (unpaired) electrons. The average molecular weight is 389 g/mol. The highest BCUT2D eigenvalue weighted by Gasteiger charge is 2.40. The van der Waals surface area contributed by atoms with Gasteiger partial charge in [0.1, 0.15) is 0 Å². The second-order valence-corrected chi connectivity index (χ2v) is 5.68. The molecule has 2 N–H and O–H groups in total. The Morgan fingerprint density at radius 3 is 2.08 bits per heavy atom. The maximum Gasteiger partial charge on any atom is 0.414 e. The SMILES string of the molecule is OC1CC(CC(O)C(F)(F)F)N=C(c2cc(C(F)F)cc(C(F)F)c2)O1. The minimum Gasteiger partial charge on any atom is -0.448 e. The van der Waals surface area contributed by atoms with E-state index in [9.17, 15) is 35.8 Å². The Morgan fingerprint density at radius 1 is 1.08 bits per heavy atom. The zero-order valence-corrected chi connectivity index (χ0v) is 12.9. The third-order valence-corrected chi connectivity index (χ3v) is 3.62. The first-order valence-corrected chi connectivity index (χ1v) is 7.36. The van der Waals surface area contributed by atoms with Gasteiger partial charge in [-0.2, -0.15) is 13.2 Å². The van der Waals surface area contributed by atoms with Crippen molar-refractivity contribution in [3.63, 3.8) is 0 Å². The van der Waals surface area contributed by atoms with Gasteiger partial charge >= 0.3 is 6.18 Å². The Morgan fingerprint density at radius 2 is 1.62 bits per heavy atom. The van der Waals surface area contributed by atoms with Gasteiger partial charge in [-0.05, 0) is 18.2 Å². The lowest BCUT2D eigenvalue weighted by molar-refractivity contribution is -0.207. The van der Waals surface area contributed by atoms with Crippen molar-refractivity contribution in [2.24, 2.45) is 4.99 Å². The van der Waals surface area contributed by atoms with Crippen LogP contribution in [0.1, 0.15) is 42.4 Å². The minimum atomic E-state index is -4.91. The van der Waals surface area contributed by atoms with Crippen LogP contribution < -0.4 is 0 Å². The van der Waals surface area contributed by atoms with E-state index in [-0.39, 0.29) is 12.0 Å². The first-order chi connectivity index (χ1) is 12.0. The molecule has 3 unspecified atom stereocenters. The smallest absolute Gasteiger partial charge is 0.414 e. The molecule has 4 nitrogen and oxygen atoms in total. The van der Waals surface area contributed by atoms with Crippen LogP contribution in [0.4, 0.5) is 30.7 Å². The van der Waals surface area contributed by atoms with E-state index in [1.807, 2.05) is 0 Å². The van der Waals surface area contributed by atoms with Crippen molar-refractivity contribution in [1.82, 2.24) is 0 Å². The predicted molar refractivity (Wildman–Crippen MR) is 75.1 cm³/mol. The van der Waals surface area contributed by atoms with Gasteiger partial charge in [0.05, 0.1) is 6.04 Å². The predicted octanol–water partition coefficient (Wildman–Crippen LogP) is 3.73. The van der Waals surface area contributed by atoms with E-state index in [0.717, 1.165) is 12.1 Å². The largest absolute Gasteiger partial charge is 0.448 e. The van der Waals surface area contributed by atoms with E-state index in [0.29, 0.717) is 6.07 Å². The number of alkyl halides is 7. The number of aliphatic hydroxyl groups is 2. The van der Waals surface area contributed by atoms with Crippen LogP contribution in [-0.4, -0.2) is 40.7 Å². The molecular weight excluding hydrogens is 375 g/mol. The summed E-state index contributed by atoms with van der Waals surface area (Å²) in [5.41, 5.74) is -1.84. The van der Waals surface area contributed by atoms with E-state index >= 15 is 0 Å². The molecule has 0 bridgehead atoms. The van der Waals surface area contributed by atoms with E-state index in [1.165, 1.54) is 0 Å². The summed E-state index contributed by atoms with van der Waals surface area (Å²) in [5.74, 6) is -0.549. The number of aliphatic hydroxyl groups excluding tert-OH is 2. The second-order valence-electron chi connectivity index (χ2n) is 5.68. The number of ether oxygens (including phenoxy) is 1. The third-order valence-electron chi connectivity index (χ3n) is 3.62. The van der Waals surface area contributed by atoms with Crippen LogP contribution in [0.2, 0.25) is 0 Å². The number of rotatable bonds is 5. The summed E-state index contributed by atoms with van der Waals surface area (Å²) in [6.45, 7) is 0. The first kappa shape index (κ1) is 20.4. The molecule has 146 valence electrons. The Kier molecular flexibility index (Phi) is 6.12. The summed E-state index contributed by atoms with van der Waals surface area (Å²) < 4.78 is 93.8. The molecular formula is C15H14F7NO3. The number of hydrogen-bond donors (Lipinski definition) is 2. The van der Waals surface area contributed by atoms with E-state index in [4.69, 9.17) is 9.84 Å². The number of halogens is 7. The van der Waals surface area contributed by atoms with Crippen molar-refractivity contribution in [1.29, 1.82) is 0 Å². The molecule has 1 aliphatic rings. The van der Waals surface area contributed by atoms with Gasteiger partial charge in [0.2, 0.25) is 12.2 Å². The highest BCUT2D eigenvalue weighted by Crippen LogP contribution is 2.30. The lowest BCUT2D eigenvalue weighted by Gasteiger charge is -2.27. The molecule has 0 amide bonds. The number of nitrogens with zero attached hydrogens (tertiary/aromatic N) is 1. The molecule has 0 fully saturated rings. The third kappa shape index (κ3) is 5.07. The molecule has 1 aliphatic heterocycles. The van der Waals surface area contributed by atoms with Crippen LogP contribution in [0.15, 0.2) is 23.2 Å². The molecule has 3 atom stereocenters. The maximum atomic E-state index is 12.9. The van der Waals surface area contributed by atoms with Crippen LogP contribution in [0.5, 0.6) is 0 Å². The number of hydrogen-bond acceptors (Lipinski definition) is 4. The summed E-state index contributed by atoms with van der Waals surface area (Å²) in [4.78, 5) is 3.74. The molecule has 0 aromatic heterocycles. The van der Waals surface area contributed by atoms with E-state index in [1.54, 1.807) is 0 Å². The van der Waals surface area contributed by atoms with Crippen molar-refractivity contribution >= 4 is 5.90 Å². The summed E-state index contributed by atoms with van der Waals surface area (Å²) in [6.07, 6.45) is -16.7. The summed E-state index contributed by atoms with van der Waals surface area (Å²) in [6, 6.07) is 0.939. The lowest BCUT2D eigenvalue weighted by Crippen LogP contribution is -2.36. The van der Waals surface area contributed by atoms with Gasteiger partial charge in [-0.3, -0.25) is 0 Å². The van der Waals surface area contributed by atoms with Crippen LogP contribution in [0, 0.1) is 0 Å². The van der Waals surface area contributed by atoms with Crippen molar-refractivity contribution < 1.29 is 45.7 Å². The zero-order valence-electron chi connectivity index (χ0n) is 12.9. The molecule has 0 aliphatic carbocycles.